The minimum atomic E-state index is 0.0469. The van der Waals surface area contributed by atoms with Gasteiger partial charge in [0.05, 0.1) is 13.7 Å². The van der Waals surface area contributed by atoms with Gasteiger partial charge in [0, 0.05) is 14.1 Å². The lowest BCUT2D eigenvalue weighted by atomic mass is 10.5. The van der Waals surface area contributed by atoms with Crippen LogP contribution >= 0.6 is 0 Å². The molecule has 0 aliphatic heterocycles. The van der Waals surface area contributed by atoms with Gasteiger partial charge in [-0.2, -0.15) is 0 Å². The molecule has 1 saturated carbocycles. The fraction of sp³-hybridized carbons (Fsp3) is 0.800. The second kappa shape index (κ2) is 8.23. The van der Waals surface area contributed by atoms with Gasteiger partial charge in [-0.25, -0.2) is 0 Å². The van der Waals surface area contributed by atoms with Gasteiger partial charge in [-0.05, 0) is 18.8 Å². The quantitative estimate of drug-likeness (QED) is 0.621. The summed E-state index contributed by atoms with van der Waals surface area (Å²) in [6.07, 6.45) is 2.55. The first-order valence-electron chi connectivity index (χ1n) is 4.86. The van der Waals surface area contributed by atoms with Crippen LogP contribution in [-0.2, 0) is 19.1 Å². The molecule has 5 nitrogen and oxygen atoms in total. The van der Waals surface area contributed by atoms with Crippen LogP contribution in [-0.4, -0.2) is 51.7 Å². The lowest BCUT2D eigenvalue weighted by Gasteiger charge is -2.09. The maximum Gasteiger partial charge on any atom is 0.292 e. The Hall–Kier alpha value is -1.10. The van der Waals surface area contributed by atoms with Crippen LogP contribution in [0.15, 0.2) is 0 Å². The molecule has 0 aromatic heterocycles. The minimum Gasteiger partial charge on any atom is -0.471 e. The molecule has 0 unspecified atom stereocenters. The van der Waals surface area contributed by atoms with Gasteiger partial charge in [0.2, 0.25) is 5.91 Å². The van der Waals surface area contributed by atoms with E-state index >= 15 is 0 Å². The first kappa shape index (κ1) is 13.9. The van der Waals surface area contributed by atoms with Crippen molar-refractivity contribution in [2.75, 3.05) is 34.4 Å². The van der Waals surface area contributed by atoms with E-state index in [4.69, 9.17) is 9.53 Å². The number of amides is 1. The summed E-state index contributed by atoms with van der Waals surface area (Å²) in [4.78, 5) is 21.4. The minimum absolute atomic E-state index is 0.0469. The molecule has 1 fully saturated rings. The highest BCUT2D eigenvalue weighted by Crippen LogP contribution is 2.28. The normalized spacial score (nSPS) is 13.5. The van der Waals surface area contributed by atoms with Crippen molar-refractivity contribution >= 4 is 12.4 Å². The Labute approximate surface area is 90.3 Å². The van der Waals surface area contributed by atoms with Crippen molar-refractivity contribution in [1.29, 1.82) is 0 Å². The van der Waals surface area contributed by atoms with Gasteiger partial charge in [-0.1, -0.05) is 0 Å². The molecule has 5 heteroatoms. The van der Waals surface area contributed by atoms with E-state index in [2.05, 4.69) is 4.74 Å². The number of likely N-dealkylation sites (N-methyl/N-ethyl adjacent to an activating group) is 1. The number of hydrogen-bond donors (Lipinski definition) is 0. The number of hydrogen-bond acceptors (Lipinski definition) is 4. The summed E-state index contributed by atoms with van der Waals surface area (Å²) >= 11 is 0. The summed E-state index contributed by atoms with van der Waals surface area (Å²) in [5, 5.41) is 0. The topological polar surface area (TPSA) is 55.8 Å². The summed E-state index contributed by atoms with van der Waals surface area (Å²) in [5.74, 6) is 0.788. The summed E-state index contributed by atoms with van der Waals surface area (Å²) in [6.45, 7) is 1.38. The summed E-state index contributed by atoms with van der Waals surface area (Å²) in [7, 11) is 4.79. The van der Waals surface area contributed by atoms with Crippen molar-refractivity contribution in [2.24, 2.45) is 5.92 Å². The predicted molar refractivity (Wildman–Crippen MR) is 55.3 cm³/mol. The maximum atomic E-state index is 10.9. The smallest absolute Gasteiger partial charge is 0.292 e. The van der Waals surface area contributed by atoms with Crippen LogP contribution in [0.2, 0.25) is 0 Å². The van der Waals surface area contributed by atoms with Gasteiger partial charge >= 0.3 is 0 Å². The average Bonchev–Trinajstić information content (AvgIpc) is 3.02. The number of methoxy groups -OCH3 is 1. The average molecular weight is 217 g/mol. The third kappa shape index (κ3) is 9.21. The van der Waals surface area contributed by atoms with Crippen molar-refractivity contribution in [1.82, 2.24) is 4.90 Å². The Balaban J connectivity index is 0.000000423. The van der Waals surface area contributed by atoms with Crippen molar-refractivity contribution in [3.05, 3.63) is 0 Å². The van der Waals surface area contributed by atoms with Crippen molar-refractivity contribution in [3.8, 4) is 0 Å². The first-order valence-corrected chi connectivity index (χ1v) is 4.86. The molecular formula is C10H19NO4. The van der Waals surface area contributed by atoms with Crippen LogP contribution in [0.1, 0.15) is 12.8 Å². The lowest BCUT2D eigenvalue weighted by molar-refractivity contribution is -0.133. The molecule has 1 amide bonds. The second-order valence-electron chi connectivity index (χ2n) is 3.58. The standard InChI is InChI=1S/C8H15NO2.C2H4O2/c1-9(2)8(10)6-11-5-7-3-4-7;1-4-2-3/h7H,3-6H2,1-2H3;2H,1H3. The van der Waals surface area contributed by atoms with E-state index in [9.17, 15) is 4.79 Å². The maximum absolute atomic E-state index is 10.9. The highest BCUT2D eigenvalue weighted by atomic mass is 16.5. The van der Waals surface area contributed by atoms with Crippen molar-refractivity contribution < 1.29 is 19.1 Å². The van der Waals surface area contributed by atoms with E-state index in [-0.39, 0.29) is 12.5 Å². The molecule has 0 aromatic carbocycles. The summed E-state index contributed by atoms with van der Waals surface area (Å²) in [5.41, 5.74) is 0. The Bertz CT molecular complexity index is 190. The molecule has 0 N–H and O–H groups in total. The molecular weight excluding hydrogens is 198 g/mol. The number of rotatable bonds is 5. The number of ether oxygens (including phenoxy) is 2. The zero-order valence-corrected chi connectivity index (χ0v) is 9.56. The zero-order chi connectivity index (χ0) is 11.7. The van der Waals surface area contributed by atoms with Crippen LogP contribution in [0.3, 0.4) is 0 Å². The largest absolute Gasteiger partial charge is 0.471 e. The zero-order valence-electron chi connectivity index (χ0n) is 9.56. The second-order valence-corrected chi connectivity index (χ2v) is 3.58. The number of nitrogens with zero attached hydrogens (tertiary/aromatic N) is 1. The molecule has 1 aliphatic carbocycles. The van der Waals surface area contributed by atoms with E-state index in [1.165, 1.54) is 20.0 Å². The van der Waals surface area contributed by atoms with Gasteiger partial charge in [0.25, 0.3) is 6.47 Å². The van der Waals surface area contributed by atoms with Gasteiger partial charge in [-0.3, -0.25) is 9.59 Å². The highest BCUT2D eigenvalue weighted by Gasteiger charge is 2.21. The van der Waals surface area contributed by atoms with E-state index < -0.39 is 0 Å². The van der Waals surface area contributed by atoms with Gasteiger partial charge in [-0.15, -0.1) is 0 Å². The fourth-order valence-electron chi connectivity index (χ4n) is 0.727. The monoisotopic (exact) mass is 217 g/mol. The third-order valence-corrected chi connectivity index (χ3v) is 1.87. The molecule has 0 spiro atoms. The Morgan fingerprint density at radius 2 is 2.00 bits per heavy atom. The fourth-order valence-corrected chi connectivity index (χ4v) is 0.727. The van der Waals surface area contributed by atoms with Crippen LogP contribution in [0, 0.1) is 5.92 Å². The SMILES string of the molecule is CN(C)C(=O)COCC1CC1.COC=O. The molecule has 0 heterocycles. The first-order chi connectivity index (χ1) is 7.11. The molecule has 0 aromatic rings. The molecule has 15 heavy (non-hydrogen) atoms. The number of carbonyl (C=O) groups is 2. The van der Waals surface area contributed by atoms with E-state index in [1.54, 1.807) is 19.0 Å². The Morgan fingerprint density at radius 1 is 1.47 bits per heavy atom. The molecule has 88 valence electrons. The van der Waals surface area contributed by atoms with Crippen LogP contribution in [0.25, 0.3) is 0 Å². The molecule has 1 rings (SSSR count). The van der Waals surface area contributed by atoms with Crippen LogP contribution < -0.4 is 0 Å². The van der Waals surface area contributed by atoms with Crippen molar-refractivity contribution in [3.63, 3.8) is 0 Å². The highest BCUT2D eigenvalue weighted by molar-refractivity contribution is 5.76. The van der Waals surface area contributed by atoms with Gasteiger partial charge < -0.3 is 14.4 Å². The van der Waals surface area contributed by atoms with E-state index in [1.807, 2.05) is 0 Å². The number of carbonyl (C=O) groups excluding carboxylic acids is 2. The Morgan fingerprint density at radius 3 is 2.33 bits per heavy atom. The molecule has 0 saturated heterocycles. The molecule has 0 radical (unpaired) electrons. The Kier molecular flexibility index (Phi) is 7.62. The van der Waals surface area contributed by atoms with Crippen molar-refractivity contribution in [2.45, 2.75) is 12.8 Å². The predicted octanol–water partition coefficient (Wildman–Crippen LogP) is 0.290. The van der Waals surface area contributed by atoms with E-state index in [0.29, 0.717) is 6.47 Å². The molecule has 0 bridgehead atoms. The van der Waals surface area contributed by atoms with Crippen LogP contribution in [0.4, 0.5) is 0 Å². The summed E-state index contributed by atoms with van der Waals surface area (Å²) < 4.78 is 9.05. The lowest BCUT2D eigenvalue weighted by Crippen LogP contribution is -2.26. The van der Waals surface area contributed by atoms with Crippen LogP contribution in [0.5, 0.6) is 0 Å². The van der Waals surface area contributed by atoms with Gasteiger partial charge in [0.1, 0.15) is 6.61 Å². The molecule has 1 aliphatic rings. The summed E-state index contributed by atoms with van der Waals surface area (Å²) in [6, 6.07) is 0. The molecule has 0 atom stereocenters. The third-order valence-electron chi connectivity index (χ3n) is 1.87. The van der Waals surface area contributed by atoms with Gasteiger partial charge in [0.15, 0.2) is 0 Å². The van der Waals surface area contributed by atoms with E-state index in [0.717, 1.165) is 12.5 Å².